The van der Waals surface area contributed by atoms with Gasteiger partial charge >= 0.3 is 23.9 Å². The summed E-state index contributed by atoms with van der Waals surface area (Å²) >= 11 is 0. The normalized spacial score (nSPS) is 28.9. The Hall–Kier alpha value is -6.96. The lowest BCUT2D eigenvalue weighted by atomic mass is 9.93. The third-order valence-corrected chi connectivity index (χ3v) is 17.9. The van der Waals surface area contributed by atoms with Gasteiger partial charge in [0.25, 0.3) is 0 Å². The van der Waals surface area contributed by atoms with E-state index in [4.69, 9.17) is 90.0 Å². The smallest absolute Gasteiger partial charge is 0.311 e. The number of rotatable bonds is 38. The lowest BCUT2D eigenvalue weighted by Gasteiger charge is -2.52. The van der Waals surface area contributed by atoms with Crippen LogP contribution in [0.1, 0.15) is 105 Å². The highest BCUT2D eigenvalue weighted by Crippen LogP contribution is 2.41. The first kappa shape index (κ1) is 87.6. The van der Waals surface area contributed by atoms with Crippen LogP contribution in [-0.4, -0.2) is 210 Å². The molecule has 4 fully saturated rings. The highest BCUT2D eigenvalue weighted by atomic mass is 16.8. The van der Waals surface area contributed by atoms with E-state index in [1.54, 1.807) is 83.1 Å². The molecule has 20 atom stereocenters. The van der Waals surface area contributed by atoms with Crippen LogP contribution in [0.25, 0.3) is 0 Å². The molecule has 0 saturated carbocycles. The van der Waals surface area contributed by atoms with E-state index in [1.165, 1.54) is 24.3 Å². The first-order chi connectivity index (χ1) is 51.9. The summed E-state index contributed by atoms with van der Waals surface area (Å²) in [5.41, 5.74) is -1.39. The number of benzene rings is 4. The number of ether oxygens (including phenoxy) is 19. The molecule has 4 aliphatic rings. The molecule has 0 bridgehead atoms. The summed E-state index contributed by atoms with van der Waals surface area (Å²) in [6, 6.07) is 37.4. The molecule has 4 aromatic carbocycles. The Labute approximate surface area is 641 Å². The van der Waals surface area contributed by atoms with Gasteiger partial charge in [-0.3, -0.25) is 19.2 Å². The van der Waals surface area contributed by atoms with Crippen LogP contribution in [0.4, 0.5) is 0 Å². The third kappa shape index (κ3) is 25.5. The number of aliphatic hydroxyl groups is 2. The van der Waals surface area contributed by atoms with Crippen molar-refractivity contribution in [2.45, 2.75) is 232 Å². The van der Waals surface area contributed by atoms with Crippen LogP contribution >= 0.6 is 0 Å². The maximum atomic E-state index is 15.0. The predicted molar refractivity (Wildman–Crippen MR) is 399 cm³/mol. The Morgan fingerprint density at radius 2 is 0.569 bits per heavy atom. The van der Waals surface area contributed by atoms with Gasteiger partial charge in [-0.2, -0.15) is 0 Å². The van der Waals surface area contributed by atoms with Crippen molar-refractivity contribution in [1.82, 2.24) is 0 Å². The molecule has 0 amide bonds. The average molecular weight is 1520 g/mol. The van der Waals surface area contributed by atoms with E-state index >= 15 is 0 Å². The fourth-order valence-electron chi connectivity index (χ4n) is 12.0. The molecule has 8 rings (SSSR count). The molecular weight excluding hydrogens is 1410 g/mol. The maximum absolute atomic E-state index is 15.0. The van der Waals surface area contributed by atoms with E-state index in [9.17, 15) is 29.4 Å². The van der Waals surface area contributed by atoms with Gasteiger partial charge in [0.15, 0.2) is 49.6 Å². The van der Waals surface area contributed by atoms with Crippen LogP contribution in [0, 0.1) is 21.7 Å². The lowest BCUT2D eigenvalue weighted by Crippen LogP contribution is -2.69. The van der Waals surface area contributed by atoms with Gasteiger partial charge in [-0.1, -0.05) is 146 Å². The molecule has 4 aromatic rings. The molecule has 2 N–H and O–H groups in total. The number of hydrogen-bond donors (Lipinski definition) is 2. The zero-order chi connectivity index (χ0) is 79.1. The summed E-state index contributed by atoms with van der Waals surface area (Å²) in [5.74, 6) is -2.91. The lowest BCUT2D eigenvalue weighted by molar-refractivity contribution is -0.394. The molecule has 4 aliphatic heterocycles. The molecule has 0 aromatic heterocycles. The zero-order valence-electron chi connectivity index (χ0n) is 65.0. The number of carbonyl (C=O) groups excluding carboxylic acids is 4. The van der Waals surface area contributed by atoms with Crippen LogP contribution in [-0.2, 0) is 136 Å². The van der Waals surface area contributed by atoms with Crippen LogP contribution < -0.4 is 0 Å². The van der Waals surface area contributed by atoms with Crippen molar-refractivity contribution in [3.05, 3.63) is 194 Å². The van der Waals surface area contributed by atoms with Crippen LogP contribution in [0.15, 0.2) is 172 Å². The Kier molecular flexibility index (Phi) is 33.4. The third-order valence-electron chi connectivity index (χ3n) is 17.9. The summed E-state index contributed by atoms with van der Waals surface area (Å²) in [4.78, 5) is 58.2. The van der Waals surface area contributed by atoms with Crippen molar-refractivity contribution < 1.29 is 119 Å². The SMILES string of the molecule is C=CCO[C@@H]1[C@@H](OC(=O)C(C)(C)C)[C@H](O)O[C@H](COCc2ccccc2)[C@@H]1O[C@@H]1O[C@H](COCc2ccccc2)[C@H](O[C@@H]2O[C@H](COCc3ccccc3)[C@H](O[C@@H]3O[C@H](COCc4ccccc4)[C@H](O)[C@H](OCC=C)[C@H]3OC(=O)C(C)(C)C)[C@H](OCC=C)[C@H]2OC(=O)C(C)(C)C)[C@H](OCC=C)[C@H]1OC(=O)C(C)(C)C. The molecule has 25 nitrogen and oxygen atoms in total. The highest BCUT2D eigenvalue weighted by molar-refractivity contribution is 5.77. The number of carbonyl (C=O) groups is 4. The van der Waals surface area contributed by atoms with E-state index in [-0.39, 0.29) is 79.3 Å². The molecule has 600 valence electrons. The Morgan fingerprint density at radius 1 is 0.330 bits per heavy atom. The summed E-state index contributed by atoms with van der Waals surface area (Å²) < 4.78 is 128. The topological polar surface area (TPSA) is 284 Å². The fraction of sp³-hybridized carbons (Fsp3) is 0.571. The monoisotopic (exact) mass is 1520 g/mol. The van der Waals surface area contributed by atoms with Gasteiger partial charge in [-0.05, 0) is 105 Å². The van der Waals surface area contributed by atoms with Crippen molar-refractivity contribution in [3.8, 4) is 0 Å². The minimum atomic E-state index is -1.80. The predicted octanol–water partition coefficient (Wildman–Crippen LogP) is 10.4. The summed E-state index contributed by atoms with van der Waals surface area (Å²) in [6.07, 6.45) is -24.1. The average Bonchev–Trinajstić information content (AvgIpc) is 0.760. The Bertz CT molecular complexity index is 3440. The van der Waals surface area contributed by atoms with E-state index in [2.05, 4.69) is 26.3 Å². The fourth-order valence-corrected chi connectivity index (χ4v) is 12.0. The number of aliphatic hydroxyl groups excluding tert-OH is 2. The highest BCUT2D eigenvalue weighted by Gasteiger charge is 2.61. The second-order valence-electron chi connectivity index (χ2n) is 31.3. The molecule has 0 radical (unpaired) electrons. The molecule has 4 saturated heterocycles. The molecule has 109 heavy (non-hydrogen) atoms. The van der Waals surface area contributed by atoms with E-state index < -0.39 is 168 Å². The summed E-state index contributed by atoms with van der Waals surface area (Å²) in [7, 11) is 0. The quantitative estimate of drug-likeness (QED) is 0.0240. The molecule has 0 spiro atoms. The van der Waals surface area contributed by atoms with Gasteiger partial charge in [-0.15, -0.1) is 26.3 Å². The van der Waals surface area contributed by atoms with Gasteiger partial charge < -0.3 is 100 Å². The Morgan fingerprint density at radius 3 is 0.853 bits per heavy atom. The van der Waals surface area contributed by atoms with E-state index in [1.807, 2.05) is 121 Å². The first-order valence-electron chi connectivity index (χ1n) is 37.1. The zero-order valence-corrected chi connectivity index (χ0v) is 65.0. The molecule has 0 aliphatic carbocycles. The minimum absolute atomic E-state index is 0.0297. The Balaban J connectivity index is 1.29. The van der Waals surface area contributed by atoms with Gasteiger partial charge in [-0.25, -0.2) is 0 Å². The van der Waals surface area contributed by atoms with Crippen molar-refractivity contribution in [2.75, 3.05) is 52.9 Å². The van der Waals surface area contributed by atoms with Crippen LogP contribution in [0.5, 0.6) is 0 Å². The van der Waals surface area contributed by atoms with Crippen molar-refractivity contribution in [3.63, 3.8) is 0 Å². The van der Waals surface area contributed by atoms with E-state index in [0.29, 0.717) is 0 Å². The second kappa shape index (κ2) is 41.5. The van der Waals surface area contributed by atoms with Crippen molar-refractivity contribution in [2.24, 2.45) is 21.7 Å². The van der Waals surface area contributed by atoms with Gasteiger partial charge in [0, 0.05) is 0 Å². The number of esters is 4. The van der Waals surface area contributed by atoms with Gasteiger partial charge in [0.1, 0.15) is 73.2 Å². The first-order valence-corrected chi connectivity index (χ1v) is 37.1. The van der Waals surface area contributed by atoms with Crippen molar-refractivity contribution >= 4 is 23.9 Å². The minimum Gasteiger partial charge on any atom is -0.454 e. The largest absolute Gasteiger partial charge is 0.454 e. The van der Waals surface area contributed by atoms with Crippen LogP contribution in [0.2, 0.25) is 0 Å². The van der Waals surface area contributed by atoms with Crippen LogP contribution in [0.3, 0.4) is 0 Å². The standard InChI is InChI=1S/C84H114O25/c1-17-41-95-65-61(85)57(49-91-45-53-33-25-21-26-34-53)100-74(70(65)107-78(88)82(8,9)10)104-63-59(51-93-47-55-37-29-23-30-38-55)102-76(72(67(63)97-43-19-3)109-80(90)84(14,15)16)105-64-60(52-94-48-56-39-31-24-32-40-56)101-75(71(68(64)98-44-20-4)108-79(89)83(11,12)13)103-62-58(50-92-46-54-35-27-22-28-36-54)99-73(86)69(66(62)96-42-18-2)106-77(87)81(5,6)7/h17-40,57-76,85-86H,1-4,41-52H2,5-16H3/t57-,58-,59-,60-,61+,62+,63+,64+,65+,66+,67+,68+,69-,70-,71-,72-,73-,74+,75+,76+/m1/s1. The molecule has 4 heterocycles. The van der Waals surface area contributed by atoms with Gasteiger partial charge in [0.05, 0.1) is 101 Å². The summed E-state index contributed by atoms with van der Waals surface area (Å²) in [6.45, 7) is 34.2. The molecule has 0 unspecified atom stereocenters. The van der Waals surface area contributed by atoms with Gasteiger partial charge in [0.2, 0.25) is 0 Å². The van der Waals surface area contributed by atoms with Crippen molar-refractivity contribution in [1.29, 1.82) is 0 Å². The molecule has 25 heteroatoms. The molecular formula is C84H114O25. The maximum Gasteiger partial charge on any atom is 0.311 e. The van der Waals surface area contributed by atoms with E-state index in [0.717, 1.165) is 22.3 Å². The summed E-state index contributed by atoms with van der Waals surface area (Å²) in [5, 5.41) is 24.3. The number of hydrogen-bond acceptors (Lipinski definition) is 25. The second-order valence-corrected chi connectivity index (χ2v) is 31.3.